The number of carbonyl (C=O) groups is 1. The third-order valence-corrected chi connectivity index (χ3v) is 8.52. The Bertz CT molecular complexity index is 1470. The summed E-state index contributed by atoms with van der Waals surface area (Å²) in [5, 5.41) is 11.9. The average molecular weight is 540 g/mol. The molecule has 3 aromatic carbocycles. The maximum atomic E-state index is 13.1. The minimum absolute atomic E-state index is 0.0404. The zero-order chi connectivity index (χ0) is 26.4. The molecule has 0 spiro atoms. The number of halogens is 1. The molecule has 0 aliphatic heterocycles. The van der Waals surface area contributed by atoms with Crippen molar-refractivity contribution in [1.29, 1.82) is 0 Å². The SMILES string of the molecule is CCN(CC)S(=O)(=O)c1cccc(-c2nnc(SCC(=O)Nc3ccc(F)cc3)n2-c2ccccc2)c1. The van der Waals surface area contributed by atoms with Crippen molar-refractivity contribution in [2.24, 2.45) is 0 Å². The Labute approximate surface area is 219 Å². The number of benzene rings is 3. The number of nitrogens with one attached hydrogen (secondary N) is 1. The number of hydrogen-bond donors (Lipinski definition) is 1. The molecule has 1 amide bonds. The van der Waals surface area contributed by atoms with E-state index in [4.69, 9.17) is 0 Å². The zero-order valence-electron chi connectivity index (χ0n) is 20.3. The molecule has 1 heterocycles. The Hall–Kier alpha value is -3.54. The van der Waals surface area contributed by atoms with E-state index in [1.165, 1.54) is 40.3 Å². The molecule has 1 N–H and O–H groups in total. The van der Waals surface area contributed by atoms with E-state index in [0.717, 1.165) is 5.69 Å². The third-order valence-electron chi connectivity index (χ3n) is 5.54. The van der Waals surface area contributed by atoms with Crippen LogP contribution in [0.1, 0.15) is 13.8 Å². The van der Waals surface area contributed by atoms with Crippen molar-refractivity contribution in [2.75, 3.05) is 24.2 Å². The molecule has 0 atom stereocenters. The Balaban J connectivity index is 1.65. The van der Waals surface area contributed by atoms with Crippen molar-refractivity contribution < 1.29 is 17.6 Å². The molecule has 8 nitrogen and oxygen atoms in total. The topological polar surface area (TPSA) is 97.2 Å². The highest BCUT2D eigenvalue weighted by Gasteiger charge is 2.24. The summed E-state index contributed by atoms with van der Waals surface area (Å²) in [5.41, 5.74) is 1.83. The number of sulfonamides is 1. The quantitative estimate of drug-likeness (QED) is 0.290. The molecule has 192 valence electrons. The molecule has 1 aromatic heterocycles. The van der Waals surface area contributed by atoms with Gasteiger partial charge in [-0.25, -0.2) is 12.8 Å². The van der Waals surface area contributed by atoms with Gasteiger partial charge in [0, 0.05) is 30.0 Å². The van der Waals surface area contributed by atoms with Gasteiger partial charge in [-0.15, -0.1) is 10.2 Å². The Kier molecular flexibility index (Phi) is 8.37. The van der Waals surface area contributed by atoms with E-state index in [2.05, 4.69) is 15.5 Å². The Morgan fingerprint density at radius 3 is 2.35 bits per heavy atom. The van der Waals surface area contributed by atoms with Gasteiger partial charge in [0.2, 0.25) is 15.9 Å². The van der Waals surface area contributed by atoms with Gasteiger partial charge >= 0.3 is 0 Å². The van der Waals surface area contributed by atoms with Crippen molar-refractivity contribution in [3.63, 3.8) is 0 Å². The number of nitrogens with zero attached hydrogens (tertiary/aromatic N) is 4. The number of aromatic nitrogens is 3. The van der Waals surface area contributed by atoms with Gasteiger partial charge in [0.05, 0.1) is 10.6 Å². The number of amides is 1. The molecule has 0 fully saturated rings. The second-order valence-electron chi connectivity index (χ2n) is 7.94. The molecule has 0 unspecified atom stereocenters. The van der Waals surface area contributed by atoms with Crippen LogP contribution < -0.4 is 5.32 Å². The van der Waals surface area contributed by atoms with E-state index in [1.54, 1.807) is 42.7 Å². The van der Waals surface area contributed by atoms with E-state index in [1.807, 2.05) is 30.3 Å². The van der Waals surface area contributed by atoms with Crippen molar-refractivity contribution in [3.05, 3.63) is 84.7 Å². The fourth-order valence-corrected chi connectivity index (χ4v) is 5.99. The van der Waals surface area contributed by atoms with Gasteiger partial charge in [-0.1, -0.05) is 55.9 Å². The summed E-state index contributed by atoms with van der Waals surface area (Å²) in [6, 6.07) is 21.5. The lowest BCUT2D eigenvalue weighted by Gasteiger charge is -2.19. The number of hydrogen-bond acceptors (Lipinski definition) is 6. The molecule has 0 aliphatic rings. The molecular weight excluding hydrogens is 513 g/mol. The normalized spacial score (nSPS) is 11.6. The summed E-state index contributed by atoms with van der Waals surface area (Å²) >= 11 is 1.19. The van der Waals surface area contributed by atoms with Crippen LogP contribution in [0, 0.1) is 5.82 Å². The van der Waals surface area contributed by atoms with Crippen LogP contribution in [0.25, 0.3) is 17.1 Å². The van der Waals surface area contributed by atoms with Crippen LogP contribution in [-0.4, -0.2) is 52.2 Å². The minimum atomic E-state index is -3.66. The first-order valence-electron chi connectivity index (χ1n) is 11.6. The number of anilines is 1. The maximum absolute atomic E-state index is 13.1. The van der Waals surface area contributed by atoms with Gasteiger partial charge in [-0.05, 0) is 48.5 Å². The smallest absolute Gasteiger partial charge is 0.243 e. The first kappa shape index (κ1) is 26.5. The monoisotopic (exact) mass is 539 g/mol. The summed E-state index contributed by atoms with van der Waals surface area (Å²) in [6.45, 7) is 4.33. The van der Waals surface area contributed by atoms with E-state index in [0.29, 0.717) is 35.3 Å². The van der Waals surface area contributed by atoms with E-state index < -0.39 is 10.0 Å². The molecule has 4 rings (SSSR count). The van der Waals surface area contributed by atoms with Crippen LogP contribution in [0.5, 0.6) is 0 Å². The van der Waals surface area contributed by atoms with Crippen molar-refractivity contribution in [3.8, 4) is 17.1 Å². The standard InChI is InChI=1S/C26H26FN5O3S2/c1-3-31(4-2)37(34,35)23-12-8-9-19(17-23)25-29-30-26(32(25)22-10-6-5-7-11-22)36-18-24(33)28-21-15-13-20(27)14-16-21/h5-17H,3-4,18H2,1-2H3,(H,28,33). The van der Waals surface area contributed by atoms with Crippen LogP contribution in [0.3, 0.4) is 0 Å². The fourth-order valence-electron chi connectivity index (χ4n) is 3.73. The highest BCUT2D eigenvalue weighted by atomic mass is 32.2. The van der Waals surface area contributed by atoms with E-state index in [9.17, 15) is 17.6 Å². The molecule has 37 heavy (non-hydrogen) atoms. The molecule has 11 heteroatoms. The van der Waals surface area contributed by atoms with Crippen molar-refractivity contribution in [2.45, 2.75) is 23.9 Å². The molecule has 0 saturated heterocycles. The van der Waals surface area contributed by atoms with Crippen LogP contribution in [-0.2, 0) is 14.8 Å². The van der Waals surface area contributed by atoms with Gasteiger partial charge in [0.1, 0.15) is 5.82 Å². The van der Waals surface area contributed by atoms with Crippen LogP contribution >= 0.6 is 11.8 Å². The first-order chi connectivity index (χ1) is 17.8. The summed E-state index contributed by atoms with van der Waals surface area (Å²) in [6.07, 6.45) is 0. The number of thioether (sulfide) groups is 1. The Morgan fingerprint density at radius 1 is 0.973 bits per heavy atom. The maximum Gasteiger partial charge on any atom is 0.243 e. The molecule has 0 aliphatic carbocycles. The summed E-state index contributed by atoms with van der Waals surface area (Å²) in [4.78, 5) is 12.7. The van der Waals surface area contributed by atoms with Crippen LogP contribution in [0.15, 0.2) is 88.9 Å². The van der Waals surface area contributed by atoms with E-state index >= 15 is 0 Å². The van der Waals surface area contributed by atoms with Gasteiger partial charge in [0.25, 0.3) is 0 Å². The first-order valence-corrected chi connectivity index (χ1v) is 14.1. The Morgan fingerprint density at radius 2 is 1.68 bits per heavy atom. The number of rotatable bonds is 10. The average Bonchev–Trinajstić information content (AvgIpc) is 3.34. The van der Waals surface area contributed by atoms with Gasteiger partial charge in [-0.3, -0.25) is 9.36 Å². The van der Waals surface area contributed by atoms with Gasteiger partial charge in [-0.2, -0.15) is 4.31 Å². The van der Waals surface area contributed by atoms with Crippen molar-refractivity contribution >= 4 is 33.4 Å². The number of carbonyl (C=O) groups excluding carboxylic acids is 1. The lowest BCUT2D eigenvalue weighted by Crippen LogP contribution is -2.30. The van der Waals surface area contributed by atoms with Gasteiger partial charge in [0.15, 0.2) is 11.0 Å². The third kappa shape index (κ3) is 6.07. The summed E-state index contributed by atoms with van der Waals surface area (Å²) < 4.78 is 42.5. The largest absolute Gasteiger partial charge is 0.325 e. The molecule has 0 bridgehead atoms. The zero-order valence-corrected chi connectivity index (χ0v) is 22.0. The molecule has 0 saturated carbocycles. The second-order valence-corrected chi connectivity index (χ2v) is 10.8. The summed E-state index contributed by atoms with van der Waals surface area (Å²) in [7, 11) is -3.66. The minimum Gasteiger partial charge on any atom is -0.325 e. The summed E-state index contributed by atoms with van der Waals surface area (Å²) in [5.74, 6) is -0.180. The van der Waals surface area contributed by atoms with Crippen molar-refractivity contribution in [1.82, 2.24) is 19.1 Å². The second kappa shape index (κ2) is 11.7. The molecular formula is C26H26FN5O3S2. The van der Waals surface area contributed by atoms with Crippen LogP contribution in [0.4, 0.5) is 10.1 Å². The lowest BCUT2D eigenvalue weighted by molar-refractivity contribution is -0.113. The lowest BCUT2D eigenvalue weighted by atomic mass is 10.2. The predicted octanol–water partition coefficient (Wildman–Crippen LogP) is 4.83. The fraction of sp³-hybridized carbons (Fsp3) is 0.192. The molecule has 0 radical (unpaired) electrons. The highest BCUT2D eigenvalue weighted by Crippen LogP contribution is 2.30. The van der Waals surface area contributed by atoms with E-state index in [-0.39, 0.29) is 22.4 Å². The molecule has 4 aromatic rings. The number of para-hydroxylation sites is 1. The van der Waals surface area contributed by atoms with Crippen LogP contribution in [0.2, 0.25) is 0 Å². The van der Waals surface area contributed by atoms with Gasteiger partial charge < -0.3 is 5.32 Å². The predicted molar refractivity (Wildman–Crippen MR) is 143 cm³/mol. The highest BCUT2D eigenvalue weighted by molar-refractivity contribution is 7.99.